The number of aromatic amines is 1. The summed E-state index contributed by atoms with van der Waals surface area (Å²) in [6.45, 7) is 3.43. The fourth-order valence-electron chi connectivity index (χ4n) is 7.03. The van der Waals surface area contributed by atoms with Gasteiger partial charge in [0.25, 0.3) is 0 Å². The third-order valence-corrected chi connectivity index (χ3v) is 12.0. The highest BCUT2D eigenvalue weighted by Gasteiger charge is 2.42. The minimum Gasteiger partial charge on any atom is -0.405 e. The van der Waals surface area contributed by atoms with E-state index in [1.54, 1.807) is 38.1 Å². The van der Waals surface area contributed by atoms with Crippen LogP contribution in [0.2, 0.25) is 5.02 Å². The number of hydrogen-bond donors (Lipinski definition) is 1. The zero-order chi connectivity index (χ0) is 33.3. The number of fused-ring (bicyclic) bond motifs is 5. The van der Waals surface area contributed by atoms with Crippen molar-refractivity contribution in [2.24, 2.45) is 0 Å². The van der Waals surface area contributed by atoms with E-state index in [4.69, 9.17) is 11.6 Å². The summed E-state index contributed by atoms with van der Waals surface area (Å²) in [6.07, 6.45) is 0.211. The second-order valence-corrected chi connectivity index (χ2v) is 15.4. The van der Waals surface area contributed by atoms with Crippen molar-refractivity contribution in [3.8, 4) is 16.9 Å². The third-order valence-electron chi connectivity index (χ3n) is 9.23. The molecule has 0 spiro atoms. The van der Waals surface area contributed by atoms with Crippen molar-refractivity contribution in [1.29, 1.82) is 0 Å². The molecule has 1 N–H and O–H groups in total. The van der Waals surface area contributed by atoms with Gasteiger partial charge in [0.1, 0.15) is 5.75 Å². The first-order valence-corrected chi connectivity index (χ1v) is 17.6. The highest BCUT2D eigenvalue weighted by molar-refractivity contribution is 7.92. The first kappa shape index (κ1) is 32.9. The molecule has 0 bridgehead atoms. The topological polar surface area (TPSA) is 59.2 Å². The van der Waals surface area contributed by atoms with Gasteiger partial charge in [0.15, 0.2) is 9.84 Å². The average molecular weight is 678 g/mol. The van der Waals surface area contributed by atoms with Gasteiger partial charge in [-0.25, -0.2) is 8.42 Å². The van der Waals surface area contributed by atoms with Gasteiger partial charge in [-0.05, 0) is 120 Å². The van der Waals surface area contributed by atoms with Crippen LogP contribution < -0.4 is 4.74 Å². The van der Waals surface area contributed by atoms with E-state index in [2.05, 4.69) is 9.72 Å². The van der Waals surface area contributed by atoms with E-state index in [1.807, 2.05) is 73.1 Å². The molecule has 0 aliphatic heterocycles. The van der Waals surface area contributed by atoms with Crippen LogP contribution in [0.15, 0.2) is 109 Å². The lowest BCUT2D eigenvalue weighted by Crippen LogP contribution is -2.31. The van der Waals surface area contributed by atoms with Gasteiger partial charge in [0.2, 0.25) is 0 Å². The number of halogens is 4. The van der Waals surface area contributed by atoms with Gasteiger partial charge in [-0.3, -0.25) is 0 Å². The maximum Gasteiger partial charge on any atom is 0.573 e. The summed E-state index contributed by atoms with van der Waals surface area (Å²) in [7, 11) is -3.53. The summed E-state index contributed by atoms with van der Waals surface area (Å²) >= 11 is 6.21. The van der Waals surface area contributed by atoms with E-state index in [0.717, 1.165) is 38.9 Å². The Balaban J connectivity index is 0.000000707. The van der Waals surface area contributed by atoms with Crippen molar-refractivity contribution in [2.45, 2.75) is 61.8 Å². The van der Waals surface area contributed by atoms with Crippen LogP contribution in [-0.2, 0) is 29.1 Å². The Kier molecular flexibility index (Phi) is 9.27. The van der Waals surface area contributed by atoms with Gasteiger partial charge >= 0.3 is 6.36 Å². The van der Waals surface area contributed by atoms with Crippen molar-refractivity contribution in [3.63, 3.8) is 0 Å². The van der Waals surface area contributed by atoms with Gasteiger partial charge in [-0.1, -0.05) is 78.3 Å². The van der Waals surface area contributed by atoms with Crippen LogP contribution in [0.25, 0.3) is 11.1 Å². The summed E-state index contributed by atoms with van der Waals surface area (Å²) in [5, 5.41) is -0.712. The van der Waals surface area contributed by atoms with Gasteiger partial charge in [-0.2, -0.15) is 0 Å². The number of H-pyrrole nitrogens is 1. The van der Waals surface area contributed by atoms with Gasteiger partial charge in [-0.15, -0.1) is 13.2 Å². The SMILES string of the molecule is CC(C)S(=O)(=O)C1Cc2ccccc2-c2ccc3c(c21)CC(c1ccc(Cl)cc1)C(c1ccccc1OC(F)(F)F)C3.c1cc[nH]c1. The summed E-state index contributed by atoms with van der Waals surface area (Å²) in [5.41, 5.74) is 7.09. The van der Waals surface area contributed by atoms with Crippen LogP contribution in [0, 0.1) is 0 Å². The predicted molar refractivity (Wildman–Crippen MR) is 181 cm³/mol. The molecule has 1 heterocycles. The Hall–Kier alpha value is -4.01. The Morgan fingerprint density at radius 1 is 0.766 bits per heavy atom. The summed E-state index contributed by atoms with van der Waals surface area (Å²) in [4.78, 5) is 2.86. The number of para-hydroxylation sites is 1. The highest BCUT2D eigenvalue weighted by atomic mass is 35.5. The monoisotopic (exact) mass is 677 g/mol. The zero-order valence-electron chi connectivity index (χ0n) is 26.0. The molecular weight excluding hydrogens is 643 g/mol. The normalized spacial score (nSPS) is 18.7. The lowest BCUT2D eigenvalue weighted by Gasteiger charge is -2.39. The van der Waals surface area contributed by atoms with Crippen molar-refractivity contribution in [2.75, 3.05) is 0 Å². The Labute approximate surface area is 278 Å². The first-order chi connectivity index (χ1) is 22.4. The predicted octanol–water partition coefficient (Wildman–Crippen LogP) is 10.0. The largest absolute Gasteiger partial charge is 0.573 e. The molecule has 0 fully saturated rings. The molecule has 4 nitrogen and oxygen atoms in total. The Morgan fingerprint density at radius 3 is 2.11 bits per heavy atom. The number of alkyl halides is 3. The number of benzene rings is 4. The highest BCUT2D eigenvalue weighted by Crippen LogP contribution is 2.52. The molecule has 2 aliphatic carbocycles. The molecule has 0 saturated carbocycles. The third kappa shape index (κ3) is 6.85. The number of sulfone groups is 1. The van der Waals surface area contributed by atoms with E-state index in [0.29, 0.717) is 29.8 Å². The first-order valence-electron chi connectivity index (χ1n) is 15.6. The number of ether oxygens (including phenoxy) is 1. The minimum atomic E-state index is -4.83. The lowest BCUT2D eigenvalue weighted by atomic mass is 9.67. The molecular formula is C38H35ClF3NO3S. The van der Waals surface area contributed by atoms with Gasteiger partial charge < -0.3 is 9.72 Å². The van der Waals surface area contributed by atoms with Crippen LogP contribution in [0.5, 0.6) is 5.75 Å². The molecule has 0 amide bonds. The minimum absolute atomic E-state index is 0.218. The smallest absolute Gasteiger partial charge is 0.405 e. The molecule has 244 valence electrons. The summed E-state index contributed by atoms with van der Waals surface area (Å²) in [5.74, 6) is -0.797. The van der Waals surface area contributed by atoms with Crippen LogP contribution in [0.4, 0.5) is 13.2 Å². The molecule has 0 saturated heterocycles. The molecule has 2 aliphatic rings. The molecule has 3 unspecified atom stereocenters. The number of nitrogens with one attached hydrogen (secondary N) is 1. The zero-order valence-corrected chi connectivity index (χ0v) is 27.5. The molecule has 0 radical (unpaired) electrons. The van der Waals surface area contributed by atoms with Crippen LogP contribution in [0.1, 0.15) is 64.3 Å². The fourth-order valence-corrected chi connectivity index (χ4v) is 8.82. The molecule has 3 atom stereocenters. The standard InChI is InChI=1S/C34H30ClF3O3S.C4H5N/c1-20(2)42(39,40)32-18-22-7-3-4-8-25(22)27-16-13-23-17-30(26-9-5-6-10-31(26)41-34(36,37)38)28(19-29(23)33(27)32)21-11-14-24(35)15-12-21;1-2-4-5-3-1/h3-16,20,28,30,32H,17-19H2,1-2H3;1-5H. The van der Waals surface area contributed by atoms with Crippen molar-refractivity contribution in [3.05, 3.63) is 148 Å². The van der Waals surface area contributed by atoms with E-state index >= 15 is 0 Å². The van der Waals surface area contributed by atoms with Crippen LogP contribution >= 0.6 is 11.6 Å². The maximum atomic E-state index is 13.9. The lowest BCUT2D eigenvalue weighted by molar-refractivity contribution is -0.275. The Bertz CT molecular complexity index is 1940. The molecule has 5 aromatic rings. The molecule has 7 rings (SSSR count). The van der Waals surface area contributed by atoms with Crippen molar-refractivity contribution in [1.82, 2.24) is 4.98 Å². The van der Waals surface area contributed by atoms with Gasteiger partial charge in [0, 0.05) is 17.4 Å². The molecule has 1 aromatic heterocycles. The molecule has 4 aromatic carbocycles. The van der Waals surface area contributed by atoms with Crippen molar-refractivity contribution >= 4 is 21.4 Å². The van der Waals surface area contributed by atoms with E-state index in [-0.39, 0.29) is 17.6 Å². The van der Waals surface area contributed by atoms with Crippen LogP contribution in [-0.4, -0.2) is 25.0 Å². The summed E-state index contributed by atoms with van der Waals surface area (Å²) < 4.78 is 72.5. The fraction of sp³-hybridized carbons (Fsp3) is 0.263. The average Bonchev–Trinajstić information content (AvgIpc) is 3.64. The van der Waals surface area contributed by atoms with E-state index in [9.17, 15) is 21.6 Å². The van der Waals surface area contributed by atoms with Gasteiger partial charge in [0.05, 0.1) is 10.5 Å². The number of aromatic nitrogens is 1. The summed E-state index contributed by atoms with van der Waals surface area (Å²) in [6, 6.07) is 29.5. The van der Waals surface area contributed by atoms with E-state index < -0.39 is 26.7 Å². The Morgan fingerprint density at radius 2 is 1.45 bits per heavy atom. The number of hydrogen-bond acceptors (Lipinski definition) is 3. The van der Waals surface area contributed by atoms with Crippen molar-refractivity contribution < 1.29 is 26.3 Å². The number of rotatable bonds is 5. The quantitative estimate of drug-likeness (QED) is 0.201. The van der Waals surface area contributed by atoms with Crippen LogP contribution in [0.3, 0.4) is 0 Å². The molecule has 9 heteroatoms. The van der Waals surface area contributed by atoms with E-state index in [1.165, 1.54) is 12.1 Å². The second kappa shape index (κ2) is 13.2. The maximum absolute atomic E-state index is 13.9. The molecule has 47 heavy (non-hydrogen) atoms. The second-order valence-electron chi connectivity index (χ2n) is 12.3.